The molecule has 3 rings (SSSR count). The van der Waals surface area contributed by atoms with Crippen LogP contribution in [0.3, 0.4) is 0 Å². The lowest BCUT2D eigenvalue weighted by atomic mass is 10.1. The molecule has 5 nitrogen and oxygen atoms in total. The molecular formula is C14H15ClN4O. The highest BCUT2D eigenvalue weighted by Crippen LogP contribution is 2.28. The molecule has 1 aliphatic heterocycles. The van der Waals surface area contributed by atoms with Crippen molar-refractivity contribution in [1.82, 2.24) is 15.3 Å². The van der Waals surface area contributed by atoms with Gasteiger partial charge in [-0.25, -0.2) is 4.79 Å². The number of rotatable bonds is 2. The summed E-state index contributed by atoms with van der Waals surface area (Å²) >= 11 is 5.92. The molecule has 2 heterocycles. The van der Waals surface area contributed by atoms with Gasteiger partial charge in [-0.15, -0.1) is 0 Å². The Morgan fingerprint density at radius 3 is 2.55 bits per heavy atom. The van der Waals surface area contributed by atoms with Gasteiger partial charge in [-0.05, 0) is 12.1 Å². The van der Waals surface area contributed by atoms with E-state index >= 15 is 0 Å². The Labute approximate surface area is 121 Å². The predicted octanol–water partition coefficient (Wildman–Crippen LogP) is 1.50. The highest BCUT2D eigenvalue weighted by molar-refractivity contribution is 6.30. The number of hydrogen-bond acceptors (Lipinski definition) is 4. The van der Waals surface area contributed by atoms with Gasteiger partial charge >= 0.3 is 5.69 Å². The minimum absolute atomic E-state index is 0.339. The van der Waals surface area contributed by atoms with E-state index in [2.05, 4.69) is 20.2 Å². The van der Waals surface area contributed by atoms with Crippen LogP contribution in [0.5, 0.6) is 0 Å². The number of halogens is 1. The third-order valence-corrected chi connectivity index (χ3v) is 3.63. The lowest BCUT2D eigenvalue weighted by Gasteiger charge is -2.30. The topological polar surface area (TPSA) is 61.0 Å². The zero-order chi connectivity index (χ0) is 13.9. The van der Waals surface area contributed by atoms with E-state index in [0.29, 0.717) is 5.02 Å². The highest BCUT2D eigenvalue weighted by Gasteiger charge is 2.16. The van der Waals surface area contributed by atoms with E-state index in [4.69, 9.17) is 11.6 Å². The molecule has 0 spiro atoms. The lowest BCUT2D eigenvalue weighted by molar-refractivity contribution is 0.588. The Morgan fingerprint density at radius 1 is 1.15 bits per heavy atom. The molecule has 0 amide bonds. The van der Waals surface area contributed by atoms with Crippen LogP contribution in [0.2, 0.25) is 5.02 Å². The van der Waals surface area contributed by atoms with Crippen molar-refractivity contribution in [3.63, 3.8) is 0 Å². The van der Waals surface area contributed by atoms with E-state index in [1.807, 2.05) is 24.3 Å². The second-order valence-electron chi connectivity index (χ2n) is 4.69. The van der Waals surface area contributed by atoms with Gasteiger partial charge in [0, 0.05) is 36.8 Å². The average molecular weight is 291 g/mol. The highest BCUT2D eigenvalue weighted by atomic mass is 35.5. The van der Waals surface area contributed by atoms with Crippen molar-refractivity contribution in [2.75, 3.05) is 31.1 Å². The van der Waals surface area contributed by atoms with Gasteiger partial charge in [0.25, 0.3) is 0 Å². The van der Waals surface area contributed by atoms with Crippen molar-refractivity contribution in [3.8, 4) is 11.3 Å². The Kier molecular flexibility index (Phi) is 3.71. The fourth-order valence-electron chi connectivity index (χ4n) is 2.37. The minimum atomic E-state index is -0.339. The van der Waals surface area contributed by atoms with Crippen LogP contribution >= 0.6 is 11.6 Å². The maximum atomic E-state index is 11.5. The molecule has 0 bridgehead atoms. The van der Waals surface area contributed by atoms with Gasteiger partial charge in [-0.1, -0.05) is 23.7 Å². The summed E-state index contributed by atoms with van der Waals surface area (Å²) < 4.78 is 0. The van der Waals surface area contributed by atoms with Crippen LogP contribution in [0.25, 0.3) is 11.3 Å². The Hall–Kier alpha value is -1.85. The molecule has 0 aliphatic carbocycles. The van der Waals surface area contributed by atoms with Gasteiger partial charge in [0.15, 0.2) is 0 Å². The van der Waals surface area contributed by atoms with E-state index in [9.17, 15) is 4.79 Å². The molecule has 0 radical (unpaired) electrons. The first-order valence-electron chi connectivity index (χ1n) is 6.55. The molecule has 0 atom stereocenters. The van der Waals surface area contributed by atoms with Gasteiger partial charge in [-0.3, -0.25) is 0 Å². The molecule has 20 heavy (non-hydrogen) atoms. The quantitative estimate of drug-likeness (QED) is 0.880. The van der Waals surface area contributed by atoms with Crippen LogP contribution in [0, 0.1) is 0 Å². The van der Waals surface area contributed by atoms with Crippen molar-refractivity contribution >= 4 is 17.3 Å². The molecule has 2 aromatic rings. The first-order chi connectivity index (χ1) is 9.74. The van der Waals surface area contributed by atoms with Crippen LogP contribution in [0.1, 0.15) is 0 Å². The molecule has 0 saturated carbocycles. The molecule has 1 aliphatic rings. The van der Waals surface area contributed by atoms with Crippen LogP contribution in [-0.2, 0) is 0 Å². The third-order valence-electron chi connectivity index (χ3n) is 3.38. The summed E-state index contributed by atoms with van der Waals surface area (Å²) in [6.45, 7) is 3.65. The van der Waals surface area contributed by atoms with Gasteiger partial charge in [0.2, 0.25) is 0 Å². The van der Waals surface area contributed by atoms with Crippen molar-refractivity contribution < 1.29 is 0 Å². The largest absolute Gasteiger partial charge is 0.366 e. The molecule has 1 saturated heterocycles. The van der Waals surface area contributed by atoms with Crippen molar-refractivity contribution in [2.24, 2.45) is 0 Å². The lowest BCUT2D eigenvalue weighted by Crippen LogP contribution is -2.44. The number of piperazine rings is 1. The number of nitrogens with zero attached hydrogens (tertiary/aromatic N) is 2. The third kappa shape index (κ3) is 2.69. The minimum Gasteiger partial charge on any atom is -0.366 e. The number of benzene rings is 1. The fraction of sp³-hybridized carbons (Fsp3) is 0.286. The van der Waals surface area contributed by atoms with Gasteiger partial charge < -0.3 is 15.2 Å². The predicted molar refractivity (Wildman–Crippen MR) is 80.4 cm³/mol. The standard InChI is InChI=1S/C14H15ClN4O/c15-11-3-1-10(2-4-11)13-12(9-17-14(20)18-13)19-7-5-16-6-8-19/h1-4,9,16H,5-8H2,(H,17,18,20). The molecule has 1 aromatic heterocycles. The SMILES string of the molecule is O=c1ncc(N2CCNCC2)c(-c2ccc(Cl)cc2)[nH]1. The van der Waals surface area contributed by atoms with Crippen LogP contribution in [0.15, 0.2) is 35.3 Å². The van der Waals surface area contributed by atoms with Crippen molar-refractivity contribution in [2.45, 2.75) is 0 Å². The van der Waals surface area contributed by atoms with Crippen LogP contribution in [-0.4, -0.2) is 36.1 Å². The number of hydrogen-bond donors (Lipinski definition) is 2. The van der Waals surface area contributed by atoms with E-state index < -0.39 is 0 Å². The Morgan fingerprint density at radius 2 is 1.85 bits per heavy atom. The molecule has 104 valence electrons. The summed E-state index contributed by atoms with van der Waals surface area (Å²) in [5.41, 5.74) is 2.34. The zero-order valence-corrected chi connectivity index (χ0v) is 11.7. The van der Waals surface area contributed by atoms with Crippen LogP contribution < -0.4 is 15.9 Å². The molecular weight excluding hydrogens is 276 g/mol. The normalized spacial score (nSPS) is 15.3. The van der Waals surface area contributed by atoms with E-state index in [1.54, 1.807) is 6.20 Å². The fourth-order valence-corrected chi connectivity index (χ4v) is 2.50. The second-order valence-corrected chi connectivity index (χ2v) is 5.13. The Bertz CT molecular complexity index is 647. The van der Waals surface area contributed by atoms with Crippen molar-refractivity contribution in [3.05, 3.63) is 46.0 Å². The summed E-state index contributed by atoms with van der Waals surface area (Å²) in [6.07, 6.45) is 1.65. The molecule has 1 fully saturated rings. The average Bonchev–Trinajstić information content (AvgIpc) is 2.49. The maximum Gasteiger partial charge on any atom is 0.345 e. The molecule has 2 N–H and O–H groups in total. The number of anilines is 1. The summed E-state index contributed by atoms with van der Waals surface area (Å²) in [5, 5.41) is 3.99. The van der Waals surface area contributed by atoms with E-state index in [0.717, 1.165) is 43.1 Å². The first-order valence-corrected chi connectivity index (χ1v) is 6.93. The zero-order valence-electron chi connectivity index (χ0n) is 10.9. The summed E-state index contributed by atoms with van der Waals surface area (Å²) in [5.74, 6) is 0. The smallest absolute Gasteiger partial charge is 0.345 e. The van der Waals surface area contributed by atoms with E-state index in [-0.39, 0.29) is 5.69 Å². The Balaban J connectivity index is 2.05. The summed E-state index contributed by atoms with van der Waals surface area (Å²) in [6, 6.07) is 7.44. The first kappa shape index (κ1) is 13.1. The monoisotopic (exact) mass is 290 g/mol. The maximum absolute atomic E-state index is 11.5. The van der Waals surface area contributed by atoms with E-state index in [1.165, 1.54) is 0 Å². The number of aromatic nitrogens is 2. The molecule has 1 aromatic carbocycles. The number of nitrogens with one attached hydrogen (secondary N) is 2. The number of H-pyrrole nitrogens is 1. The molecule has 6 heteroatoms. The molecule has 0 unspecified atom stereocenters. The van der Waals surface area contributed by atoms with Gasteiger partial charge in [0.1, 0.15) is 0 Å². The van der Waals surface area contributed by atoms with Crippen molar-refractivity contribution in [1.29, 1.82) is 0 Å². The summed E-state index contributed by atoms with van der Waals surface area (Å²) in [4.78, 5) is 20.5. The number of aromatic amines is 1. The second kappa shape index (κ2) is 5.64. The van der Waals surface area contributed by atoms with Crippen LogP contribution in [0.4, 0.5) is 5.69 Å². The van der Waals surface area contributed by atoms with Gasteiger partial charge in [0.05, 0.1) is 17.6 Å². The van der Waals surface area contributed by atoms with Gasteiger partial charge in [-0.2, -0.15) is 4.98 Å². The summed E-state index contributed by atoms with van der Waals surface area (Å²) in [7, 11) is 0.